The van der Waals surface area contributed by atoms with Crippen LogP contribution < -0.4 is 16.0 Å². The molecule has 0 bridgehead atoms. The van der Waals surface area contributed by atoms with E-state index < -0.39 is 5.76 Å². The summed E-state index contributed by atoms with van der Waals surface area (Å²) in [4.78, 5) is 21.0. The second-order valence-electron chi connectivity index (χ2n) is 5.27. The van der Waals surface area contributed by atoms with Crippen molar-refractivity contribution in [3.63, 3.8) is 0 Å². The zero-order valence-electron chi connectivity index (χ0n) is 14.6. The van der Waals surface area contributed by atoms with Crippen molar-refractivity contribution in [2.24, 2.45) is 0 Å². The van der Waals surface area contributed by atoms with Crippen molar-refractivity contribution in [2.45, 2.75) is 24.5 Å². The molecule has 6 nitrogen and oxygen atoms in total. The number of carbonyl (C=O) groups excluding carboxylic acids is 1. The number of hydrogen-bond acceptors (Lipinski definition) is 6. The van der Waals surface area contributed by atoms with Gasteiger partial charge in [0.2, 0.25) is 0 Å². The maximum Gasteiger partial charge on any atom is 0.288 e. The van der Waals surface area contributed by atoms with Crippen molar-refractivity contribution in [3.8, 4) is 0 Å². The van der Waals surface area contributed by atoms with Crippen molar-refractivity contribution in [1.29, 1.82) is 0 Å². The van der Waals surface area contributed by atoms with Gasteiger partial charge < -0.3 is 16.0 Å². The van der Waals surface area contributed by atoms with Gasteiger partial charge in [-0.2, -0.15) is 8.78 Å². The van der Waals surface area contributed by atoms with Crippen LogP contribution in [0.4, 0.5) is 20.4 Å². The summed E-state index contributed by atoms with van der Waals surface area (Å²) < 4.78 is 25.2. The summed E-state index contributed by atoms with van der Waals surface area (Å²) in [5, 5.41) is 8.94. The molecule has 0 unspecified atom stereocenters. The number of aromatic nitrogens is 2. The van der Waals surface area contributed by atoms with Crippen LogP contribution in [0.15, 0.2) is 35.2 Å². The summed E-state index contributed by atoms with van der Waals surface area (Å²) in [7, 11) is 0. The largest absolute Gasteiger partial charge is 0.370 e. The highest BCUT2D eigenvalue weighted by Gasteiger charge is 2.14. The molecule has 0 saturated heterocycles. The third kappa shape index (κ3) is 6.14. The van der Waals surface area contributed by atoms with E-state index in [9.17, 15) is 13.6 Å². The summed E-state index contributed by atoms with van der Waals surface area (Å²) in [6.45, 7) is 5.29. The Bertz CT molecular complexity index is 745. The average Bonchev–Trinajstić information content (AvgIpc) is 2.58. The summed E-state index contributed by atoms with van der Waals surface area (Å²) in [6.07, 6.45) is 0. The molecule has 0 saturated carbocycles. The number of nitrogens with zero attached hydrogens (tertiary/aromatic N) is 2. The normalized spacial score (nSPS) is 10.7. The van der Waals surface area contributed by atoms with Gasteiger partial charge in [0.25, 0.3) is 11.7 Å². The van der Waals surface area contributed by atoms with Crippen LogP contribution in [0.1, 0.15) is 23.1 Å². The van der Waals surface area contributed by atoms with E-state index in [4.69, 9.17) is 0 Å². The molecule has 140 valence electrons. The molecule has 0 aliphatic heterocycles. The van der Waals surface area contributed by atoms with E-state index in [1.165, 1.54) is 12.1 Å². The van der Waals surface area contributed by atoms with Gasteiger partial charge in [0, 0.05) is 30.6 Å². The lowest BCUT2D eigenvalue weighted by Gasteiger charge is -2.11. The summed E-state index contributed by atoms with van der Waals surface area (Å²) in [6, 6.07) is 8.10. The van der Waals surface area contributed by atoms with E-state index in [2.05, 4.69) is 25.9 Å². The van der Waals surface area contributed by atoms with Crippen LogP contribution in [0.3, 0.4) is 0 Å². The molecule has 2 rings (SSSR count). The lowest BCUT2D eigenvalue weighted by Crippen LogP contribution is -2.29. The third-order valence-electron chi connectivity index (χ3n) is 3.26. The molecule has 1 amide bonds. The van der Waals surface area contributed by atoms with Gasteiger partial charge in [-0.1, -0.05) is 23.9 Å². The smallest absolute Gasteiger partial charge is 0.288 e. The molecule has 2 aromatic rings. The molecule has 26 heavy (non-hydrogen) atoms. The number of alkyl halides is 2. The Morgan fingerprint density at radius 1 is 1.15 bits per heavy atom. The first-order valence-electron chi connectivity index (χ1n) is 8.15. The number of anilines is 2. The SMILES string of the molecule is CCNc1cc(NCCNC(=O)c2ccccc2SC(F)F)nc(C)n1. The van der Waals surface area contributed by atoms with Crippen molar-refractivity contribution >= 4 is 29.3 Å². The van der Waals surface area contributed by atoms with Gasteiger partial charge >= 0.3 is 0 Å². The minimum absolute atomic E-state index is 0.241. The predicted molar refractivity (Wildman–Crippen MR) is 100 cm³/mol. The van der Waals surface area contributed by atoms with Gasteiger partial charge in [-0.3, -0.25) is 4.79 Å². The molecule has 0 radical (unpaired) electrons. The lowest BCUT2D eigenvalue weighted by molar-refractivity contribution is 0.0952. The minimum Gasteiger partial charge on any atom is -0.370 e. The third-order valence-corrected chi connectivity index (χ3v) is 4.05. The molecule has 9 heteroatoms. The van der Waals surface area contributed by atoms with Gasteiger partial charge in [-0.05, 0) is 26.0 Å². The van der Waals surface area contributed by atoms with Crippen LogP contribution in [-0.2, 0) is 0 Å². The van der Waals surface area contributed by atoms with E-state index in [-0.39, 0.29) is 16.4 Å². The predicted octanol–water partition coefficient (Wildman–Crippen LogP) is 3.37. The second kappa shape index (κ2) is 9.91. The number of amides is 1. The Morgan fingerprint density at radius 2 is 1.85 bits per heavy atom. The average molecular weight is 381 g/mol. The topological polar surface area (TPSA) is 78.9 Å². The van der Waals surface area contributed by atoms with Crippen LogP contribution in [-0.4, -0.2) is 41.3 Å². The van der Waals surface area contributed by atoms with Crippen LogP contribution in [0, 0.1) is 6.92 Å². The zero-order valence-corrected chi connectivity index (χ0v) is 15.4. The van der Waals surface area contributed by atoms with Crippen molar-refractivity contribution in [1.82, 2.24) is 15.3 Å². The van der Waals surface area contributed by atoms with Crippen molar-refractivity contribution < 1.29 is 13.6 Å². The Kier molecular flexibility index (Phi) is 7.58. The van der Waals surface area contributed by atoms with E-state index in [0.29, 0.717) is 36.5 Å². The molecule has 0 fully saturated rings. The maximum absolute atomic E-state index is 12.6. The quantitative estimate of drug-likeness (QED) is 0.457. The number of nitrogens with one attached hydrogen (secondary N) is 3. The Labute approximate surface area is 155 Å². The number of hydrogen-bond donors (Lipinski definition) is 3. The van der Waals surface area contributed by atoms with Gasteiger partial charge in [-0.25, -0.2) is 9.97 Å². The molecule has 0 atom stereocenters. The van der Waals surface area contributed by atoms with E-state index in [1.54, 1.807) is 25.1 Å². The summed E-state index contributed by atoms with van der Waals surface area (Å²) in [5.41, 5.74) is 0.241. The Balaban J connectivity index is 1.88. The molecule has 1 heterocycles. The highest BCUT2D eigenvalue weighted by atomic mass is 32.2. The molecule has 0 aliphatic carbocycles. The van der Waals surface area contributed by atoms with Crippen LogP contribution in [0.2, 0.25) is 0 Å². The van der Waals surface area contributed by atoms with Gasteiger partial charge in [0.15, 0.2) is 0 Å². The number of rotatable bonds is 9. The van der Waals surface area contributed by atoms with Crippen LogP contribution in [0.25, 0.3) is 0 Å². The van der Waals surface area contributed by atoms with Gasteiger partial charge in [0.1, 0.15) is 17.5 Å². The molecule has 3 N–H and O–H groups in total. The first-order chi connectivity index (χ1) is 12.5. The summed E-state index contributed by atoms with van der Waals surface area (Å²) >= 11 is 0.364. The number of carbonyl (C=O) groups is 1. The minimum atomic E-state index is -2.57. The molecule has 1 aromatic carbocycles. The van der Waals surface area contributed by atoms with Crippen LogP contribution >= 0.6 is 11.8 Å². The summed E-state index contributed by atoms with van der Waals surface area (Å²) in [5.74, 6) is -0.950. The Hall–Kier alpha value is -2.42. The molecular weight excluding hydrogens is 360 g/mol. The molecule has 0 aliphatic rings. The molecular formula is C17H21F2N5OS. The van der Waals surface area contributed by atoms with Crippen molar-refractivity contribution in [3.05, 3.63) is 41.7 Å². The molecule has 1 aromatic heterocycles. The number of aryl methyl sites for hydroxylation is 1. The first kappa shape index (κ1) is 19.9. The van der Waals surface area contributed by atoms with Gasteiger partial charge in [-0.15, -0.1) is 0 Å². The first-order valence-corrected chi connectivity index (χ1v) is 9.03. The fourth-order valence-electron chi connectivity index (χ4n) is 2.24. The van der Waals surface area contributed by atoms with E-state index >= 15 is 0 Å². The zero-order chi connectivity index (χ0) is 18.9. The number of halogens is 2. The van der Waals surface area contributed by atoms with E-state index in [1.807, 2.05) is 6.92 Å². The highest BCUT2D eigenvalue weighted by Crippen LogP contribution is 2.28. The van der Waals surface area contributed by atoms with Crippen LogP contribution in [0.5, 0.6) is 0 Å². The second-order valence-corrected chi connectivity index (χ2v) is 6.31. The molecule has 0 spiro atoms. The van der Waals surface area contributed by atoms with E-state index in [0.717, 1.165) is 12.4 Å². The fraction of sp³-hybridized carbons (Fsp3) is 0.353. The standard InChI is InChI=1S/C17H21F2N5OS/c1-3-20-14-10-15(24-11(2)23-14)21-8-9-22-16(25)12-6-4-5-7-13(12)26-17(18)19/h4-7,10,17H,3,8-9H2,1-2H3,(H,22,25)(H2,20,21,23,24). The van der Waals surface area contributed by atoms with Crippen molar-refractivity contribution in [2.75, 3.05) is 30.3 Å². The maximum atomic E-state index is 12.6. The number of benzene rings is 1. The number of thioether (sulfide) groups is 1. The highest BCUT2D eigenvalue weighted by molar-refractivity contribution is 7.99. The Morgan fingerprint density at radius 3 is 2.54 bits per heavy atom. The lowest BCUT2D eigenvalue weighted by atomic mass is 10.2. The van der Waals surface area contributed by atoms with Gasteiger partial charge in [0.05, 0.1) is 5.56 Å². The monoisotopic (exact) mass is 381 g/mol. The fourth-order valence-corrected chi connectivity index (χ4v) is 2.88.